The molecule has 0 bridgehead atoms. The van der Waals surface area contributed by atoms with Gasteiger partial charge in [0.2, 0.25) is 0 Å². The minimum absolute atomic E-state index is 0.0877. The zero-order valence-electron chi connectivity index (χ0n) is 11.6. The molecule has 1 aromatic carbocycles. The van der Waals surface area contributed by atoms with E-state index in [1.54, 1.807) is 19.1 Å². The second-order valence-corrected chi connectivity index (χ2v) is 4.77. The summed E-state index contributed by atoms with van der Waals surface area (Å²) in [5, 5.41) is 12.4. The van der Waals surface area contributed by atoms with Gasteiger partial charge in [0.25, 0.3) is 0 Å². The summed E-state index contributed by atoms with van der Waals surface area (Å²) in [5.74, 6) is -0.222. The van der Waals surface area contributed by atoms with Gasteiger partial charge in [0, 0.05) is 25.3 Å². The van der Waals surface area contributed by atoms with E-state index in [1.807, 2.05) is 21.0 Å². The molecule has 0 saturated heterocycles. The zero-order valence-corrected chi connectivity index (χ0v) is 11.6. The van der Waals surface area contributed by atoms with Crippen LogP contribution in [0.25, 0.3) is 0 Å². The van der Waals surface area contributed by atoms with E-state index < -0.39 is 0 Å². The average Bonchev–Trinajstić information content (AvgIpc) is 2.34. The third kappa shape index (κ3) is 3.96. The first-order valence-electron chi connectivity index (χ1n) is 6.31. The first kappa shape index (κ1) is 14.9. The summed E-state index contributed by atoms with van der Waals surface area (Å²) in [5.41, 5.74) is 1.93. The van der Waals surface area contributed by atoms with Gasteiger partial charge in [0.1, 0.15) is 5.82 Å². The van der Waals surface area contributed by atoms with E-state index in [0.29, 0.717) is 6.42 Å². The maximum absolute atomic E-state index is 13.3. The Morgan fingerprint density at radius 2 is 2.06 bits per heavy atom. The Kier molecular flexibility index (Phi) is 5.56. The fourth-order valence-electron chi connectivity index (χ4n) is 1.88. The highest BCUT2D eigenvalue weighted by Crippen LogP contribution is 2.26. The first-order valence-corrected chi connectivity index (χ1v) is 6.31. The van der Waals surface area contributed by atoms with Crippen LogP contribution in [-0.2, 0) is 0 Å². The molecule has 3 nitrogen and oxygen atoms in total. The SMILES string of the molecule is CNC(C)c1cc(F)ccc1N(C)CCC(C)O. The van der Waals surface area contributed by atoms with Gasteiger partial charge in [-0.25, -0.2) is 4.39 Å². The Balaban J connectivity index is 2.92. The molecule has 0 aliphatic carbocycles. The Morgan fingerprint density at radius 1 is 1.39 bits per heavy atom. The molecule has 0 spiro atoms. The molecule has 1 rings (SSSR count). The molecule has 4 heteroatoms. The van der Waals surface area contributed by atoms with Gasteiger partial charge in [-0.2, -0.15) is 0 Å². The lowest BCUT2D eigenvalue weighted by Gasteiger charge is -2.25. The van der Waals surface area contributed by atoms with E-state index in [4.69, 9.17) is 0 Å². The Hall–Kier alpha value is -1.13. The summed E-state index contributed by atoms with van der Waals surface area (Å²) in [6.07, 6.45) is 0.374. The third-order valence-electron chi connectivity index (χ3n) is 3.18. The van der Waals surface area contributed by atoms with Crippen LogP contribution in [0.3, 0.4) is 0 Å². The number of rotatable bonds is 6. The van der Waals surface area contributed by atoms with Crippen LogP contribution in [0.1, 0.15) is 31.9 Å². The van der Waals surface area contributed by atoms with Crippen LogP contribution in [0.2, 0.25) is 0 Å². The number of nitrogens with zero attached hydrogens (tertiary/aromatic N) is 1. The second kappa shape index (κ2) is 6.71. The van der Waals surface area contributed by atoms with Gasteiger partial charge in [-0.05, 0) is 51.1 Å². The number of hydrogen-bond acceptors (Lipinski definition) is 3. The molecule has 0 aromatic heterocycles. The second-order valence-electron chi connectivity index (χ2n) is 4.77. The standard InChI is InChI=1S/C14H23FN2O/c1-10(18)7-8-17(4)14-6-5-12(15)9-13(14)11(2)16-3/h5-6,9-11,16,18H,7-8H2,1-4H3. The molecule has 2 unspecified atom stereocenters. The average molecular weight is 254 g/mol. The van der Waals surface area contributed by atoms with E-state index in [2.05, 4.69) is 10.2 Å². The number of anilines is 1. The van der Waals surface area contributed by atoms with Crippen molar-refractivity contribution in [1.29, 1.82) is 0 Å². The van der Waals surface area contributed by atoms with Crippen LogP contribution in [-0.4, -0.2) is 31.9 Å². The van der Waals surface area contributed by atoms with Crippen LogP contribution >= 0.6 is 0 Å². The summed E-state index contributed by atoms with van der Waals surface area (Å²) in [6.45, 7) is 4.52. The fraction of sp³-hybridized carbons (Fsp3) is 0.571. The van der Waals surface area contributed by atoms with Crippen molar-refractivity contribution in [2.24, 2.45) is 0 Å². The van der Waals surface area contributed by atoms with Gasteiger partial charge in [0.05, 0.1) is 6.10 Å². The van der Waals surface area contributed by atoms with Crippen LogP contribution in [0, 0.1) is 5.82 Å². The molecule has 1 aromatic rings. The molecule has 0 fully saturated rings. The minimum atomic E-state index is -0.321. The van der Waals surface area contributed by atoms with E-state index in [0.717, 1.165) is 17.8 Å². The van der Waals surface area contributed by atoms with Crippen molar-refractivity contribution in [2.45, 2.75) is 32.4 Å². The summed E-state index contributed by atoms with van der Waals surface area (Å²) >= 11 is 0. The first-order chi connectivity index (χ1) is 8.45. The van der Waals surface area contributed by atoms with Crippen molar-refractivity contribution in [1.82, 2.24) is 5.32 Å². The van der Waals surface area contributed by atoms with Crippen LogP contribution < -0.4 is 10.2 Å². The van der Waals surface area contributed by atoms with Gasteiger partial charge >= 0.3 is 0 Å². The number of aliphatic hydroxyl groups excluding tert-OH is 1. The highest BCUT2D eigenvalue weighted by molar-refractivity contribution is 5.54. The Morgan fingerprint density at radius 3 is 2.61 bits per heavy atom. The van der Waals surface area contributed by atoms with Crippen LogP contribution in [0.4, 0.5) is 10.1 Å². The summed E-state index contributed by atoms with van der Waals surface area (Å²) in [7, 11) is 3.82. The van der Waals surface area contributed by atoms with Crippen molar-refractivity contribution < 1.29 is 9.50 Å². The van der Waals surface area contributed by atoms with Gasteiger partial charge in [-0.3, -0.25) is 0 Å². The molecular formula is C14H23FN2O. The van der Waals surface area contributed by atoms with Gasteiger partial charge in [-0.1, -0.05) is 0 Å². The van der Waals surface area contributed by atoms with Crippen molar-refractivity contribution in [2.75, 3.05) is 25.5 Å². The fourth-order valence-corrected chi connectivity index (χ4v) is 1.88. The van der Waals surface area contributed by atoms with E-state index in [9.17, 15) is 9.50 Å². The minimum Gasteiger partial charge on any atom is -0.393 e. The monoisotopic (exact) mass is 254 g/mol. The number of hydrogen-bond donors (Lipinski definition) is 2. The Bertz CT molecular complexity index is 382. The van der Waals surface area contributed by atoms with Crippen LogP contribution in [0.5, 0.6) is 0 Å². The predicted octanol–water partition coefficient (Wildman–Crippen LogP) is 2.31. The molecule has 2 atom stereocenters. The molecule has 0 saturated carbocycles. The topological polar surface area (TPSA) is 35.5 Å². The number of benzene rings is 1. The Labute approximate surface area is 109 Å². The molecule has 0 radical (unpaired) electrons. The van der Waals surface area contributed by atoms with E-state index in [-0.39, 0.29) is 18.0 Å². The zero-order chi connectivity index (χ0) is 13.7. The van der Waals surface area contributed by atoms with E-state index >= 15 is 0 Å². The highest BCUT2D eigenvalue weighted by Gasteiger charge is 2.13. The lowest BCUT2D eigenvalue weighted by molar-refractivity contribution is 0.187. The van der Waals surface area contributed by atoms with Gasteiger partial charge in [0.15, 0.2) is 0 Å². The smallest absolute Gasteiger partial charge is 0.123 e. The molecule has 2 N–H and O–H groups in total. The number of halogens is 1. The predicted molar refractivity (Wildman–Crippen MR) is 73.4 cm³/mol. The quantitative estimate of drug-likeness (QED) is 0.817. The summed E-state index contributed by atoms with van der Waals surface area (Å²) in [6, 6.07) is 4.92. The molecular weight excluding hydrogens is 231 g/mol. The highest BCUT2D eigenvalue weighted by atomic mass is 19.1. The molecule has 0 aliphatic rings. The lowest BCUT2D eigenvalue weighted by Crippen LogP contribution is -2.25. The lowest BCUT2D eigenvalue weighted by atomic mass is 10.0. The summed E-state index contributed by atoms with van der Waals surface area (Å²) < 4.78 is 13.3. The summed E-state index contributed by atoms with van der Waals surface area (Å²) in [4.78, 5) is 2.05. The molecule has 18 heavy (non-hydrogen) atoms. The van der Waals surface area contributed by atoms with Crippen molar-refractivity contribution in [3.8, 4) is 0 Å². The maximum atomic E-state index is 13.3. The van der Waals surface area contributed by atoms with Crippen molar-refractivity contribution >= 4 is 5.69 Å². The van der Waals surface area contributed by atoms with Gasteiger partial charge in [-0.15, -0.1) is 0 Å². The number of nitrogens with one attached hydrogen (secondary N) is 1. The van der Waals surface area contributed by atoms with E-state index in [1.165, 1.54) is 6.07 Å². The number of aliphatic hydroxyl groups is 1. The van der Waals surface area contributed by atoms with Crippen molar-refractivity contribution in [3.05, 3.63) is 29.6 Å². The van der Waals surface area contributed by atoms with Crippen LogP contribution in [0.15, 0.2) is 18.2 Å². The van der Waals surface area contributed by atoms with Gasteiger partial charge < -0.3 is 15.3 Å². The largest absolute Gasteiger partial charge is 0.393 e. The van der Waals surface area contributed by atoms with Crippen molar-refractivity contribution in [3.63, 3.8) is 0 Å². The normalized spacial score (nSPS) is 14.3. The molecule has 0 aliphatic heterocycles. The maximum Gasteiger partial charge on any atom is 0.123 e. The third-order valence-corrected chi connectivity index (χ3v) is 3.18. The molecule has 0 amide bonds. The molecule has 0 heterocycles. The molecule has 102 valence electrons.